The molecule has 0 saturated carbocycles. The number of rotatable bonds is 7. The second kappa shape index (κ2) is 13.7. The molecule has 0 saturated heterocycles. The molecule has 0 fully saturated rings. The highest BCUT2D eigenvalue weighted by atomic mass is 16.3. The Kier molecular flexibility index (Phi) is 8.00. The number of benzene rings is 7. The maximum absolute atomic E-state index is 6.72. The van der Waals surface area contributed by atoms with E-state index in [0.29, 0.717) is 34.9 Å². The Morgan fingerprint density at radius 3 is 1.20 bits per heavy atom. The van der Waals surface area contributed by atoms with Gasteiger partial charge in [0.25, 0.3) is 0 Å². The van der Waals surface area contributed by atoms with Gasteiger partial charge in [-0.05, 0) is 29.8 Å². The van der Waals surface area contributed by atoms with Crippen molar-refractivity contribution in [2.24, 2.45) is 0 Å². The van der Waals surface area contributed by atoms with E-state index in [-0.39, 0.29) is 0 Å². The van der Waals surface area contributed by atoms with E-state index in [0.717, 1.165) is 66.4 Å². The number of aromatic nitrogens is 6. The molecule has 0 amide bonds. The van der Waals surface area contributed by atoms with Crippen molar-refractivity contribution in [2.75, 3.05) is 0 Å². The molecule has 258 valence electrons. The van der Waals surface area contributed by atoms with Crippen LogP contribution in [0.15, 0.2) is 186 Å². The number of fused-ring (bicyclic) bond motifs is 3. The van der Waals surface area contributed by atoms with Crippen LogP contribution in [0.2, 0.25) is 0 Å². The van der Waals surface area contributed by atoms with E-state index >= 15 is 0 Å². The molecule has 0 radical (unpaired) electrons. The first-order chi connectivity index (χ1) is 27.2. The standard InChI is InChI=1S/C48H30N6O/c1-5-16-31(17-6-1)43-49-44(32-18-7-2-8-19-32)52-47(51-43)36-25-15-24-35(30-36)41-39(29-28-38-37-26-13-14-27-40(37)55-42(38)41)48-53-45(33-20-9-3-10-21-33)50-46(54-48)34-22-11-4-12-23-34/h1-30H. The molecule has 0 N–H and O–H groups in total. The zero-order chi connectivity index (χ0) is 36.6. The summed E-state index contributed by atoms with van der Waals surface area (Å²) in [6.07, 6.45) is 0. The molecule has 0 aliphatic heterocycles. The quantitative estimate of drug-likeness (QED) is 0.163. The van der Waals surface area contributed by atoms with Gasteiger partial charge in [0.2, 0.25) is 0 Å². The molecule has 0 bridgehead atoms. The first-order valence-corrected chi connectivity index (χ1v) is 18.0. The molecule has 7 nitrogen and oxygen atoms in total. The molecule has 10 aromatic rings. The largest absolute Gasteiger partial charge is 0.455 e. The van der Waals surface area contributed by atoms with E-state index in [1.54, 1.807) is 0 Å². The minimum atomic E-state index is 0.536. The third-order valence-corrected chi connectivity index (χ3v) is 9.60. The predicted molar refractivity (Wildman–Crippen MR) is 219 cm³/mol. The van der Waals surface area contributed by atoms with E-state index in [1.807, 2.05) is 152 Å². The van der Waals surface area contributed by atoms with Crippen molar-refractivity contribution in [2.45, 2.75) is 0 Å². The van der Waals surface area contributed by atoms with Gasteiger partial charge in [0.15, 0.2) is 34.9 Å². The molecular weight excluding hydrogens is 677 g/mol. The van der Waals surface area contributed by atoms with Crippen molar-refractivity contribution in [3.63, 3.8) is 0 Å². The fourth-order valence-electron chi connectivity index (χ4n) is 6.94. The van der Waals surface area contributed by atoms with E-state index in [9.17, 15) is 0 Å². The van der Waals surface area contributed by atoms with Crippen molar-refractivity contribution >= 4 is 21.9 Å². The average Bonchev–Trinajstić information content (AvgIpc) is 3.66. The summed E-state index contributed by atoms with van der Waals surface area (Å²) in [6, 6.07) is 60.6. The molecule has 55 heavy (non-hydrogen) atoms. The Balaban J connectivity index is 1.21. The van der Waals surface area contributed by atoms with Gasteiger partial charge in [-0.1, -0.05) is 158 Å². The monoisotopic (exact) mass is 706 g/mol. The highest BCUT2D eigenvalue weighted by Gasteiger charge is 2.22. The van der Waals surface area contributed by atoms with Gasteiger partial charge in [-0.3, -0.25) is 0 Å². The summed E-state index contributed by atoms with van der Waals surface area (Å²) in [5, 5.41) is 2.03. The highest BCUT2D eigenvalue weighted by molar-refractivity contribution is 6.12. The number of para-hydroxylation sites is 1. The smallest absolute Gasteiger partial charge is 0.164 e. The summed E-state index contributed by atoms with van der Waals surface area (Å²) in [7, 11) is 0. The Hall–Kier alpha value is -7.64. The zero-order valence-corrected chi connectivity index (χ0v) is 29.4. The van der Waals surface area contributed by atoms with Crippen LogP contribution in [0.3, 0.4) is 0 Å². The normalized spacial score (nSPS) is 11.3. The van der Waals surface area contributed by atoms with Crippen LogP contribution in [0.25, 0.3) is 101 Å². The summed E-state index contributed by atoms with van der Waals surface area (Å²) < 4.78 is 6.72. The van der Waals surface area contributed by atoms with Crippen LogP contribution >= 0.6 is 0 Å². The highest BCUT2D eigenvalue weighted by Crippen LogP contribution is 2.42. The number of nitrogens with zero attached hydrogens (tertiary/aromatic N) is 6. The molecule has 7 heteroatoms. The van der Waals surface area contributed by atoms with Crippen molar-refractivity contribution in [3.05, 3.63) is 182 Å². The predicted octanol–water partition coefficient (Wildman–Crippen LogP) is 11.6. The van der Waals surface area contributed by atoms with Gasteiger partial charge >= 0.3 is 0 Å². The maximum Gasteiger partial charge on any atom is 0.164 e. The van der Waals surface area contributed by atoms with Gasteiger partial charge in [0, 0.05) is 49.7 Å². The van der Waals surface area contributed by atoms with Crippen molar-refractivity contribution in [1.82, 2.24) is 29.9 Å². The van der Waals surface area contributed by atoms with Crippen LogP contribution in [0.5, 0.6) is 0 Å². The number of furan rings is 1. The lowest BCUT2D eigenvalue weighted by Crippen LogP contribution is -2.01. The summed E-state index contributed by atoms with van der Waals surface area (Å²) in [4.78, 5) is 30.1. The Morgan fingerprint density at radius 2 is 0.691 bits per heavy atom. The molecule has 0 spiro atoms. The van der Waals surface area contributed by atoms with Gasteiger partial charge in [-0.25, -0.2) is 29.9 Å². The molecule has 0 aliphatic rings. The fraction of sp³-hybridized carbons (Fsp3) is 0. The first-order valence-electron chi connectivity index (χ1n) is 18.0. The molecule has 3 aromatic heterocycles. The van der Waals surface area contributed by atoms with Gasteiger partial charge in [0.05, 0.1) is 0 Å². The molecular formula is C48H30N6O. The van der Waals surface area contributed by atoms with E-state index < -0.39 is 0 Å². The SMILES string of the molecule is c1ccc(-c2nc(-c3ccccc3)nc(-c3cccc(-c4c(-c5nc(-c6ccccc6)nc(-c6ccccc6)n5)ccc5c4oc4ccccc45)c3)n2)cc1. The molecule has 7 aromatic carbocycles. The fourth-order valence-corrected chi connectivity index (χ4v) is 6.94. The lowest BCUT2D eigenvalue weighted by atomic mass is 9.94. The van der Waals surface area contributed by atoms with Crippen LogP contribution in [0, 0.1) is 0 Å². The van der Waals surface area contributed by atoms with Crippen molar-refractivity contribution in [1.29, 1.82) is 0 Å². The maximum atomic E-state index is 6.72. The van der Waals surface area contributed by atoms with Crippen LogP contribution in [0.1, 0.15) is 0 Å². The summed E-state index contributed by atoms with van der Waals surface area (Å²) in [5.74, 6) is 3.46. The van der Waals surface area contributed by atoms with Crippen molar-refractivity contribution in [3.8, 4) is 79.5 Å². The van der Waals surface area contributed by atoms with Crippen LogP contribution in [-0.2, 0) is 0 Å². The van der Waals surface area contributed by atoms with E-state index in [2.05, 4.69) is 30.3 Å². The Bertz CT molecular complexity index is 2850. The lowest BCUT2D eigenvalue weighted by Gasteiger charge is -2.14. The van der Waals surface area contributed by atoms with Gasteiger partial charge < -0.3 is 4.42 Å². The van der Waals surface area contributed by atoms with Gasteiger partial charge in [-0.15, -0.1) is 0 Å². The van der Waals surface area contributed by atoms with Gasteiger partial charge in [0.1, 0.15) is 11.2 Å². The summed E-state index contributed by atoms with van der Waals surface area (Å²) in [5.41, 5.74) is 8.57. The topological polar surface area (TPSA) is 90.5 Å². The van der Waals surface area contributed by atoms with E-state index in [1.165, 1.54) is 0 Å². The zero-order valence-electron chi connectivity index (χ0n) is 29.4. The summed E-state index contributed by atoms with van der Waals surface area (Å²) >= 11 is 0. The third kappa shape index (κ3) is 6.09. The van der Waals surface area contributed by atoms with Gasteiger partial charge in [-0.2, -0.15) is 0 Å². The molecule has 0 unspecified atom stereocenters. The number of hydrogen-bond donors (Lipinski definition) is 0. The Morgan fingerprint density at radius 1 is 0.291 bits per heavy atom. The first kappa shape index (κ1) is 32.0. The van der Waals surface area contributed by atoms with Crippen LogP contribution in [0.4, 0.5) is 0 Å². The van der Waals surface area contributed by atoms with Crippen molar-refractivity contribution < 1.29 is 4.42 Å². The minimum Gasteiger partial charge on any atom is -0.455 e. The van der Waals surface area contributed by atoms with E-state index in [4.69, 9.17) is 34.3 Å². The molecule has 3 heterocycles. The average molecular weight is 707 g/mol. The second-order valence-electron chi connectivity index (χ2n) is 13.1. The Labute approximate surface area is 316 Å². The van der Waals surface area contributed by atoms with Crippen LogP contribution in [-0.4, -0.2) is 29.9 Å². The number of hydrogen-bond acceptors (Lipinski definition) is 7. The second-order valence-corrected chi connectivity index (χ2v) is 13.1. The minimum absolute atomic E-state index is 0.536. The molecule has 0 atom stereocenters. The molecule has 0 aliphatic carbocycles. The van der Waals surface area contributed by atoms with Crippen LogP contribution < -0.4 is 0 Å². The lowest BCUT2D eigenvalue weighted by molar-refractivity contribution is 0.670. The molecule has 10 rings (SSSR count). The summed E-state index contributed by atoms with van der Waals surface area (Å²) in [6.45, 7) is 0. The third-order valence-electron chi connectivity index (χ3n) is 9.60.